The minimum absolute atomic E-state index is 0.145. The third-order valence-electron chi connectivity index (χ3n) is 4.05. The van der Waals surface area contributed by atoms with E-state index in [0.717, 1.165) is 10.9 Å². The van der Waals surface area contributed by atoms with Crippen molar-refractivity contribution >= 4 is 15.9 Å². The summed E-state index contributed by atoms with van der Waals surface area (Å²) in [6, 6.07) is 15.3. The first kappa shape index (κ1) is 13.8. The molecule has 1 atom stereocenters. The van der Waals surface area contributed by atoms with Gasteiger partial charge in [-0.15, -0.1) is 0 Å². The molecule has 1 aliphatic rings. The van der Waals surface area contributed by atoms with E-state index in [1.807, 2.05) is 12.1 Å². The van der Waals surface area contributed by atoms with E-state index in [9.17, 15) is 0 Å². The van der Waals surface area contributed by atoms with Gasteiger partial charge in [0.05, 0.1) is 6.04 Å². The van der Waals surface area contributed by atoms with Gasteiger partial charge in [-0.25, -0.2) is 0 Å². The number of benzene rings is 2. The lowest BCUT2D eigenvalue weighted by atomic mass is 9.97. The molecule has 2 nitrogen and oxygen atoms in total. The number of nitrogens with one attached hydrogen (secondary N) is 1. The van der Waals surface area contributed by atoms with Gasteiger partial charge in [0.15, 0.2) is 0 Å². The monoisotopic (exact) mass is 330 g/mol. The molecule has 0 amide bonds. The van der Waals surface area contributed by atoms with Crippen LogP contribution in [0.25, 0.3) is 0 Å². The van der Waals surface area contributed by atoms with Crippen molar-refractivity contribution in [2.45, 2.75) is 31.7 Å². The first-order chi connectivity index (χ1) is 9.76. The maximum Gasteiger partial charge on any atom is 0.0500 e. The molecule has 2 aromatic rings. The van der Waals surface area contributed by atoms with Crippen LogP contribution in [0.1, 0.15) is 34.7 Å². The topological polar surface area (TPSA) is 38.0 Å². The average Bonchev–Trinajstić information content (AvgIpc) is 2.92. The molecule has 1 aliphatic carbocycles. The van der Waals surface area contributed by atoms with Gasteiger partial charge in [-0.2, -0.15) is 0 Å². The van der Waals surface area contributed by atoms with Gasteiger partial charge in [0, 0.05) is 4.47 Å². The van der Waals surface area contributed by atoms with E-state index in [-0.39, 0.29) is 6.04 Å². The highest BCUT2D eigenvalue weighted by Crippen LogP contribution is 2.26. The van der Waals surface area contributed by atoms with Gasteiger partial charge in [0.1, 0.15) is 0 Å². The summed E-state index contributed by atoms with van der Waals surface area (Å²) in [6.07, 6.45) is 4.67. The van der Waals surface area contributed by atoms with E-state index in [2.05, 4.69) is 51.7 Å². The quantitative estimate of drug-likeness (QED) is 0.662. The molecule has 0 aliphatic heterocycles. The molecule has 3 N–H and O–H groups in total. The summed E-state index contributed by atoms with van der Waals surface area (Å²) >= 11 is 3.52. The van der Waals surface area contributed by atoms with Gasteiger partial charge in [-0.3, -0.25) is 11.3 Å². The lowest BCUT2D eigenvalue weighted by molar-refractivity contribution is 0.551. The molecular weight excluding hydrogens is 312 g/mol. The minimum Gasteiger partial charge on any atom is -0.271 e. The Morgan fingerprint density at radius 2 is 1.95 bits per heavy atom. The van der Waals surface area contributed by atoms with E-state index in [4.69, 9.17) is 5.84 Å². The van der Waals surface area contributed by atoms with Crippen molar-refractivity contribution in [2.75, 3.05) is 0 Å². The van der Waals surface area contributed by atoms with Crippen LogP contribution in [0.15, 0.2) is 46.9 Å². The predicted molar refractivity (Wildman–Crippen MR) is 86.4 cm³/mol. The van der Waals surface area contributed by atoms with Crippen LogP contribution in [0.3, 0.4) is 0 Å². The Balaban J connectivity index is 1.81. The van der Waals surface area contributed by atoms with Crippen LogP contribution in [0.5, 0.6) is 0 Å². The smallest absolute Gasteiger partial charge is 0.0500 e. The van der Waals surface area contributed by atoms with Crippen molar-refractivity contribution < 1.29 is 0 Å². The number of hydrogen-bond acceptors (Lipinski definition) is 2. The number of rotatable bonds is 4. The Morgan fingerprint density at radius 3 is 2.75 bits per heavy atom. The predicted octanol–water partition coefficient (Wildman–Crippen LogP) is 3.68. The van der Waals surface area contributed by atoms with E-state index in [1.54, 1.807) is 0 Å². The van der Waals surface area contributed by atoms with E-state index < -0.39 is 0 Å². The second-order valence-electron chi connectivity index (χ2n) is 5.43. The maximum atomic E-state index is 5.75. The van der Waals surface area contributed by atoms with Crippen molar-refractivity contribution in [1.29, 1.82) is 0 Å². The van der Waals surface area contributed by atoms with E-state index in [0.29, 0.717) is 0 Å². The highest BCUT2D eigenvalue weighted by Gasteiger charge is 2.14. The summed E-state index contributed by atoms with van der Waals surface area (Å²) < 4.78 is 1.09. The van der Waals surface area contributed by atoms with Crippen molar-refractivity contribution in [3.8, 4) is 0 Å². The summed E-state index contributed by atoms with van der Waals surface area (Å²) in [6.45, 7) is 0. The fraction of sp³-hybridized carbons (Fsp3) is 0.294. The molecule has 0 bridgehead atoms. The Labute approximate surface area is 128 Å². The van der Waals surface area contributed by atoms with Gasteiger partial charge in [-0.05, 0) is 60.1 Å². The van der Waals surface area contributed by atoms with Crippen molar-refractivity contribution in [3.05, 3.63) is 69.2 Å². The van der Waals surface area contributed by atoms with Crippen molar-refractivity contribution in [2.24, 2.45) is 5.84 Å². The molecule has 3 rings (SSSR count). The molecule has 0 radical (unpaired) electrons. The molecule has 0 saturated carbocycles. The van der Waals surface area contributed by atoms with Crippen LogP contribution >= 0.6 is 15.9 Å². The van der Waals surface area contributed by atoms with Crippen molar-refractivity contribution in [3.63, 3.8) is 0 Å². The summed E-state index contributed by atoms with van der Waals surface area (Å²) in [5.74, 6) is 5.75. The van der Waals surface area contributed by atoms with Gasteiger partial charge < -0.3 is 0 Å². The molecule has 20 heavy (non-hydrogen) atoms. The molecule has 0 spiro atoms. The van der Waals surface area contributed by atoms with Crippen LogP contribution in [0.2, 0.25) is 0 Å². The first-order valence-electron chi connectivity index (χ1n) is 7.08. The van der Waals surface area contributed by atoms with E-state index in [1.165, 1.54) is 41.5 Å². The zero-order valence-corrected chi connectivity index (χ0v) is 13.0. The third-order valence-corrected chi connectivity index (χ3v) is 4.55. The van der Waals surface area contributed by atoms with Gasteiger partial charge in [0.2, 0.25) is 0 Å². The number of nitrogens with two attached hydrogens (primary N) is 1. The van der Waals surface area contributed by atoms with E-state index >= 15 is 0 Å². The molecule has 0 aromatic heterocycles. The number of hydrazine groups is 1. The fourth-order valence-corrected chi connectivity index (χ4v) is 3.40. The normalized spacial score (nSPS) is 15.1. The number of aryl methyl sites for hydroxylation is 2. The molecule has 104 valence electrons. The van der Waals surface area contributed by atoms with Gasteiger partial charge in [-0.1, -0.05) is 46.3 Å². The highest BCUT2D eigenvalue weighted by atomic mass is 79.9. The van der Waals surface area contributed by atoms with Crippen LogP contribution in [0.4, 0.5) is 0 Å². The third kappa shape index (κ3) is 2.95. The Hall–Kier alpha value is -1.16. The number of hydrogen-bond donors (Lipinski definition) is 2. The molecule has 0 heterocycles. The SMILES string of the molecule is NNC(Cc1ccc2c(c1)CCC2)c1cccc(Br)c1. The molecule has 0 fully saturated rings. The lowest BCUT2D eigenvalue weighted by Crippen LogP contribution is -2.29. The standard InChI is InChI=1S/C17H19BrN2/c18-16-6-2-5-15(11-16)17(20-19)10-12-7-8-13-3-1-4-14(13)9-12/h2,5-9,11,17,20H,1,3-4,10,19H2. The highest BCUT2D eigenvalue weighted by molar-refractivity contribution is 9.10. The van der Waals surface area contributed by atoms with Crippen LogP contribution in [0, 0.1) is 0 Å². The fourth-order valence-electron chi connectivity index (χ4n) is 2.98. The Bertz CT molecular complexity index is 610. The molecule has 2 aromatic carbocycles. The summed E-state index contributed by atoms with van der Waals surface area (Å²) in [5.41, 5.74) is 8.55. The molecule has 3 heteroatoms. The van der Waals surface area contributed by atoms with Crippen molar-refractivity contribution in [1.82, 2.24) is 5.43 Å². The van der Waals surface area contributed by atoms with Crippen LogP contribution in [-0.2, 0) is 19.3 Å². The molecule has 0 saturated heterocycles. The Morgan fingerprint density at radius 1 is 1.10 bits per heavy atom. The van der Waals surface area contributed by atoms with Crippen LogP contribution in [-0.4, -0.2) is 0 Å². The minimum atomic E-state index is 0.145. The number of fused-ring (bicyclic) bond motifs is 1. The molecule has 1 unspecified atom stereocenters. The second-order valence-corrected chi connectivity index (χ2v) is 6.35. The number of halogens is 1. The lowest BCUT2D eigenvalue weighted by Gasteiger charge is -2.17. The van der Waals surface area contributed by atoms with Crippen LogP contribution < -0.4 is 11.3 Å². The zero-order chi connectivity index (χ0) is 13.9. The largest absolute Gasteiger partial charge is 0.271 e. The Kier molecular flexibility index (Phi) is 4.20. The average molecular weight is 331 g/mol. The zero-order valence-electron chi connectivity index (χ0n) is 11.4. The summed E-state index contributed by atoms with van der Waals surface area (Å²) in [5, 5.41) is 0. The maximum absolute atomic E-state index is 5.75. The summed E-state index contributed by atoms with van der Waals surface area (Å²) in [7, 11) is 0. The van der Waals surface area contributed by atoms with Gasteiger partial charge in [0.25, 0.3) is 0 Å². The first-order valence-corrected chi connectivity index (χ1v) is 7.88. The second kappa shape index (κ2) is 6.08. The summed E-state index contributed by atoms with van der Waals surface area (Å²) in [4.78, 5) is 0. The van der Waals surface area contributed by atoms with Gasteiger partial charge >= 0.3 is 0 Å². The molecular formula is C17H19BrN2.